The first-order valence-electron chi connectivity index (χ1n) is 11.9. The number of hydrogen-bond acceptors (Lipinski definition) is 5. The molecule has 1 aromatic heterocycles. The second kappa shape index (κ2) is 10.9. The Labute approximate surface area is 215 Å². The van der Waals surface area contributed by atoms with Crippen LogP contribution in [0.2, 0.25) is 0 Å². The van der Waals surface area contributed by atoms with Crippen molar-refractivity contribution >= 4 is 11.8 Å². The zero-order chi connectivity index (χ0) is 27.6. The molecule has 4 N–H and O–H groups in total. The Morgan fingerprint density at radius 2 is 1.89 bits per heavy atom. The number of primary amides is 1. The van der Waals surface area contributed by atoms with Gasteiger partial charge in [-0.15, -0.1) is 13.2 Å². The van der Waals surface area contributed by atoms with Crippen molar-refractivity contribution in [2.45, 2.75) is 50.8 Å². The number of nitrogens with zero attached hydrogens (tertiary/aromatic N) is 1. The first-order valence-corrected chi connectivity index (χ1v) is 11.9. The zero-order valence-electron chi connectivity index (χ0n) is 20.3. The number of amides is 2. The highest BCUT2D eigenvalue weighted by atomic mass is 19.4. The number of nitrogens with two attached hydrogens (primary N) is 1. The lowest BCUT2D eigenvalue weighted by atomic mass is 9.94. The average molecular weight is 532 g/mol. The molecule has 0 unspecified atom stereocenters. The van der Waals surface area contributed by atoms with E-state index in [9.17, 15) is 32.3 Å². The number of nitrogens with one attached hydrogen (secondary N) is 1. The summed E-state index contributed by atoms with van der Waals surface area (Å²) in [6.45, 7) is 1.87. The summed E-state index contributed by atoms with van der Waals surface area (Å²) in [6.07, 6.45) is -5.80. The lowest BCUT2D eigenvalue weighted by molar-refractivity contribution is -0.342. The van der Waals surface area contributed by atoms with E-state index in [0.717, 1.165) is 5.56 Å². The number of hydrogen-bond donors (Lipinski definition) is 3. The van der Waals surface area contributed by atoms with Gasteiger partial charge in [-0.05, 0) is 54.3 Å². The monoisotopic (exact) mass is 531 g/mol. The number of aromatic nitrogens is 1. The summed E-state index contributed by atoms with van der Waals surface area (Å²) in [5, 5.41) is 12.7. The number of ether oxygens (including phenoxy) is 1. The number of halogens is 4. The first kappa shape index (κ1) is 27.2. The highest BCUT2D eigenvalue weighted by Gasteiger charge is 2.41. The Morgan fingerprint density at radius 1 is 1.13 bits per heavy atom. The van der Waals surface area contributed by atoms with Crippen LogP contribution in [0.3, 0.4) is 0 Å². The van der Waals surface area contributed by atoms with E-state index in [2.05, 4.69) is 15.0 Å². The number of rotatable bonds is 7. The van der Waals surface area contributed by atoms with Crippen LogP contribution in [0.5, 0.6) is 0 Å². The Kier molecular flexibility index (Phi) is 7.79. The van der Waals surface area contributed by atoms with Gasteiger partial charge >= 0.3 is 6.36 Å². The SMILES string of the molecule is CCc1ccc(C(=O)N[C@H]2C[C@H](OC(F)(F)F)C[C@@H]2O)cc1-c1ncc(-c2cccc(F)c2)cc1C(N)=O. The third kappa shape index (κ3) is 6.17. The molecule has 0 saturated heterocycles. The maximum atomic E-state index is 13.7. The fraction of sp³-hybridized carbons (Fsp3) is 0.296. The Balaban J connectivity index is 1.64. The topological polar surface area (TPSA) is 115 Å². The van der Waals surface area contributed by atoms with Gasteiger partial charge < -0.3 is 16.2 Å². The van der Waals surface area contributed by atoms with Gasteiger partial charge in [-0.3, -0.25) is 19.3 Å². The molecule has 7 nitrogen and oxygen atoms in total. The van der Waals surface area contributed by atoms with E-state index in [4.69, 9.17) is 5.73 Å². The molecule has 2 aromatic carbocycles. The molecule has 0 spiro atoms. The second-order valence-electron chi connectivity index (χ2n) is 9.02. The molecule has 0 bridgehead atoms. The van der Waals surface area contributed by atoms with Crippen molar-refractivity contribution in [2.24, 2.45) is 5.73 Å². The zero-order valence-corrected chi connectivity index (χ0v) is 20.3. The smallest absolute Gasteiger partial charge is 0.391 e. The minimum absolute atomic E-state index is 0.0670. The summed E-state index contributed by atoms with van der Waals surface area (Å²) >= 11 is 0. The van der Waals surface area contributed by atoms with Crippen molar-refractivity contribution < 1.29 is 37.0 Å². The Morgan fingerprint density at radius 3 is 2.55 bits per heavy atom. The van der Waals surface area contributed by atoms with E-state index in [-0.39, 0.29) is 29.7 Å². The number of aryl methyl sites for hydroxylation is 1. The van der Waals surface area contributed by atoms with Crippen molar-refractivity contribution in [3.63, 3.8) is 0 Å². The predicted octanol–water partition coefficient (Wildman–Crippen LogP) is 4.37. The minimum Gasteiger partial charge on any atom is -0.391 e. The fourth-order valence-corrected chi connectivity index (χ4v) is 4.60. The minimum atomic E-state index is -4.84. The number of carbonyl (C=O) groups excluding carboxylic acids is 2. The first-order chi connectivity index (χ1) is 17.9. The highest BCUT2D eigenvalue weighted by Crippen LogP contribution is 2.32. The van der Waals surface area contributed by atoms with E-state index < -0.39 is 42.2 Å². The molecule has 0 aliphatic heterocycles. The Bertz CT molecular complexity index is 1360. The summed E-state index contributed by atoms with van der Waals surface area (Å²) in [6, 6.07) is 11.1. The second-order valence-corrected chi connectivity index (χ2v) is 9.02. The van der Waals surface area contributed by atoms with Crippen LogP contribution in [0, 0.1) is 5.82 Å². The molecule has 1 heterocycles. The lowest BCUT2D eigenvalue weighted by Crippen LogP contribution is -2.40. The third-order valence-corrected chi connectivity index (χ3v) is 6.42. The molecule has 2 amide bonds. The van der Waals surface area contributed by atoms with Gasteiger partial charge in [0.25, 0.3) is 11.8 Å². The van der Waals surface area contributed by atoms with E-state index in [1.165, 1.54) is 42.6 Å². The third-order valence-electron chi connectivity index (χ3n) is 6.42. The summed E-state index contributed by atoms with van der Waals surface area (Å²) in [5.74, 6) is -1.85. The van der Waals surface area contributed by atoms with Crippen LogP contribution in [0.25, 0.3) is 22.4 Å². The maximum absolute atomic E-state index is 13.7. The largest absolute Gasteiger partial charge is 0.522 e. The molecule has 4 rings (SSSR count). The Hall–Kier alpha value is -3.83. The summed E-state index contributed by atoms with van der Waals surface area (Å²) in [7, 11) is 0. The van der Waals surface area contributed by atoms with Gasteiger partial charge in [-0.25, -0.2) is 4.39 Å². The van der Waals surface area contributed by atoms with E-state index in [1.807, 2.05) is 6.92 Å². The van der Waals surface area contributed by atoms with Crippen LogP contribution >= 0.6 is 0 Å². The van der Waals surface area contributed by atoms with Crippen LogP contribution < -0.4 is 11.1 Å². The van der Waals surface area contributed by atoms with Gasteiger partial charge in [0.2, 0.25) is 0 Å². The van der Waals surface area contributed by atoms with Crippen LogP contribution in [-0.4, -0.2) is 46.5 Å². The van der Waals surface area contributed by atoms with Crippen molar-refractivity contribution in [1.29, 1.82) is 0 Å². The molecule has 200 valence electrons. The number of carbonyl (C=O) groups is 2. The summed E-state index contributed by atoms with van der Waals surface area (Å²) in [4.78, 5) is 29.8. The van der Waals surface area contributed by atoms with E-state index in [1.54, 1.807) is 12.1 Å². The summed E-state index contributed by atoms with van der Waals surface area (Å²) in [5.41, 5.74) is 8.28. The number of benzene rings is 2. The number of aliphatic hydroxyl groups excluding tert-OH is 1. The molecule has 3 aromatic rings. The number of aliphatic hydroxyl groups is 1. The maximum Gasteiger partial charge on any atom is 0.522 e. The van der Waals surface area contributed by atoms with Crippen molar-refractivity contribution in [3.05, 3.63) is 77.2 Å². The standard InChI is InChI=1S/C27H25F4N3O4/c1-2-14-6-7-16(26(37)34-22-11-19(12-23(22)35)38-27(29,30)31)9-20(14)24-21(25(32)36)10-17(13-33-24)15-4-3-5-18(28)8-15/h3-10,13,19,22-23,35H,2,11-12H2,1H3,(H2,32,36)(H,34,37)/t19-,22-,23-/m0/s1. The van der Waals surface area contributed by atoms with E-state index in [0.29, 0.717) is 23.1 Å². The van der Waals surface area contributed by atoms with Gasteiger partial charge in [0.05, 0.1) is 29.5 Å². The van der Waals surface area contributed by atoms with Gasteiger partial charge in [0, 0.05) is 29.3 Å². The molecule has 1 aliphatic rings. The molecule has 0 radical (unpaired) electrons. The van der Waals surface area contributed by atoms with Crippen molar-refractivity contribution in [1.82, 2.24) is 10.3 Å². The predicted molar refractivity (Wildman–Crippen MR) is 130 cm³/mol. The van der Waals surface area contributed by atoms with Gasteiger partial charge in [0.15, 0.2) is 0 Å². The number of pyridine rings is 1. The molecule has 11 heteroatoms. The van der Waals surface area contributed by atoms with Crippen molar-refractivity contribution in [3.8, 4) is 22.4 Å². The number of alkyl halides is 3. The normalized spacial score (nSPS) is 19.4. The summed E-state index contributed by atoms with van der Waals surface area (Å²) < 4.78 is 55.4. The molecular formula is C27H25F4N3O4. The van der Waals surface area contributed by atoms with Gasteiger partial charge in [-0.1, -0.05) is 25.1 Å². The van der Waals surface area contributed by atoms with E-state index >= 15 is 0 Å². The molecule has 38 heavy (non-hydrogen) atoms. The molecule has 1 aliphatic carbocycles. The highest BCUT2D eigenvalue weighted by molar-refractivity contribution is 6.01. The average Bonchev–Trinajstić information content (AvgIpc) is 3.19. The quantitative estimate of drug-likeness (QED) is 0.392. The molecule has 1 saturated carbocycles. The lowest BCUT2D eigenvalue weighted by Gasteiger charge is -2.18. The molecular weight excluding hydrogens is 506 g/mol. The van der Waals surface area contributed by atoms with Gasteiger partial charge in [-0.2, -0.15) is 0 Å². The van der Waals surface area contributed by atoms with Crippen LogP contribution in [0.15, 0.2) is 54.7 Å². The fourth-order valence-electron chi connectivity index (χ4n) is 4.60. The van der Waals surface area contributed by atoms with Crippen LogP contribution in [0.1, 0.15) is 46.0 Å². The van der Waals surface area contributed by atoms with Crippen LogP contribution in [-0.2, 0) is 11.2 Å². The van der Waals surface area contributed by atoms with Crippen LogP contribution in [0.4, 0.5) is 17.6 Å². The van der Waals surface area contributed by atoms with Gasteiger partial charge in [0.1, 0.15) is 5.82 Å². The van der Waals surface area contributed by atoms with Crippen molar-refractivity contribution in [2.75, 3.05) is 0 Å². The molecule has 3 atom stereocenters. The molecule has 1 fully saturated rings.